The number of benzene rings is 1. The number of hydrogen-bond donors (Lipinski definition) is 2. The van der Waals surface area contributed by atoms with Crippen molar-refractivity contribution < 1.29 is 13.7 Å². The van der Waals surface area contributed by atoms with Crippen LogP contribution in [0.15, 0.2) is 36.5 Å². The second-order valence-corrected chi connectivity index (χ2v) is 7.78. The number of pyridine rings is 1. The van der Waals surface area contributed by atoms with Gasteiger partial charge in [-0.2, -0.15) is 0 Å². The van der Waals surface area contributed by atoms with Crippen molar-refractivity contribution in [2.24, 2.45) is 0 Å². The first-order valence-corrected chi connectivity index (χ1v) is 10.1. The van der Waals surface area contributed by atoms with Gasteiger partial charge in [-0.25, -0.2) is 0 Å². The molecule has 0 fully saturated rings. The van der Waals surface area contributed by atoms with Gasteiger partial charge in [0, 0.05) is 38.4 Å². The lowest BCUT2D eigenvalue weighted by Gasteiger charge is -2.27. The molecular weight excluding hydrogens is 350 g/mol. The number of anilines is 2. The predicted octanol–water partition coefficient (Wildman–Crippen LogP) is 2.92. The monoisotopic (exact) mass is 375 g/mol. The van der Waals surface area contributed by atoms with Gasteiger partial charge < -0.3 is 20.1 Å². The summed E-state index contributed by atoms with van der Waals surface area (Å²) in [4.78, 5) is 4.42. The Morgan fingerprint density at radius 3 is 2.85 bits per heavy atom. The van der Waals surface area contributed by atoms with Crippen LogP contribution in [0.2, 0.25) is 0 Å². The van der Waals surface area contributed by atoms with E-state index in [-0.39, 0.29) is 5.37 Å². The Bertz CT molecular complexity index is 769. The zero-order valence-corrected chi connectivity index (χ0v) is 16.0. The van der Waals surface area contributed by atoms with Crippen LogP contribution in [-0.2, 0) is 21.3 Å². The SMILES string of the molecule is COCCCOc1ccnc(CS(=O)C2CNc3ccccc3N2)c1C. The molecule has 1 aliphatic heterocycles. The Hall–Kier alpha value is -2.12. The minimum atomic E-state index is -1.10. The fraction of sp³-hybridized carbons (Fsp3) is 0.421. The van der Waals surface area contributed by atoms with Gasteiger partial charge in [-0.15, -0.1) is 0 Å². The van der Waals surface area contributed by atoms with E-state index in [9.17, 15) is 4.21 Å². The number of fused-ring (bicyclic) bond motifs is 1. The molecule has 7 heteroatoms. The van der Waals surface area contributed by atoms with E-state index in [1.807, 2.05) is 37.3 Å². The van der Waals surface area contributed by atoms with Gasteiger partial charge in [0.2, 0.25) is 0 Å². The van der Waals surface area contributed by atoms with Crippen LogP contribution in [0.25, 0.3) is 0 Å². The smallest absolute Gasteiger partial charge is 0.125 e. The number of ether oxygens (including phenoxy) is 2. The minimum absolute atomic E-state index is 0.155. The third-order valence-corrected chi connectivity index (χ3v) is 5.80. The summed E-state index contributed by atoms with van der Waals surface area (Å²) in [5, 5.41) is 6.54. The number of aromatic nitrogens is 1. The quantitative estimate of drug-likeness (QED) is 0.691. The van der Waals surface area contributed by atoms with Gasteiger partial charge in [-0.1, -0.05) is 12.1 Å². The normalized spacial score (nSPS) is 16.9. The predicted molar refractivity (Wildman–Crippen MR) is 105 cm³/mol. The van der Waals surface area contributed by atoms with Gasteiger partial charge in [0.05, 0.1) is 40.2 Å². The van der Waals surface area contributed by atoms with Crippen LogP contribution in [0.3, 0.4) is 0 Å². The molecule has 0 aliphatic carbocycles. The van der Waals surface area contributed by atoms with Crippen LogP contribution >= 0.6 is 0 Å². The van der Waals surface area contributed by atoms with E-state index in [1.165, 1.54) is 0 Å². The first-order chi connectivity index (χ1) is 12.7. The van der Waals surface area contributed by atoms with Gasteiger partial charge in [-0.3, -0.25) is 9.19 Å². The lowest BCUT2D eigenvalue weighted by Crippen LogP contribution is -2.37. The molecule has 2 aromatic rings. The summed E-state index contributed by atoms with van der Waals surface area (Å²) in [6.07, 6.45) is 2.55. The molecule has 140 valence electrons. The number of methoxy groups -OCH3 is 1. The van der Waals surface area contributed by atoms with Crippen LogP contribution in [0.1, 0.15) is 17.7 Å². The lowest BCUT2D eigenvalue weighted by molar-refractivity contribution is 0.172. The maximum atomic E-state index is 12.9. The van der Waals surface area contributed by atoms with Gasteiger partial charge >= 0.3 is 0 Å². The summed E-state index contributed by atoms with van der Waals surface area (Å²) < 4.78 is 23.7. The number of rotatable bonds is 8. The van der Waals surface area contributed by atoms with Gasteiger partial charge in [0.25, 0.3) is 0 Å². The Kier molecular flexibility index (Phi) is 6.46. The van der Waals surface area contributed by atoms with Crippen molar-refractivity contribution in [3.63, 3.8) is 0 Å². The third kappa shape index (κ3) is 4.53. The highest BCUT2D eigenvalue weighted by molar-refractivity contribution is 7.85. The fourth-order valence-corrected chi connectivity index (χ4v) is 4.12. The van der Waals surface area contributed by atoms with Crippen LogP contribution in [0.4, 0.5) is 11.4 Å². The number of para-hydroxylation sites is 2. The first-order valence-electron chi connectivity index (χ1n) is 8.72. The molecule has 0 saturated heterocycles. The molecule has 0 radical (unpaired) electrons. The molecule has 2 unspecified atom stereocenters. The van der Waals surface area contributed by atoms with Crippen LogP contribution in [0.5, 0.6) is 5.75 Å². The number of nitrogens with zero attached hydrogens (tertiary/aromatic N) is 1. The summed E-state index contributed by atoms with van der Waals surface area (Å²) in [7, 11) is 0.575. The molecule has 0 bridgehead atoms. The Morgan fingerprint density at radius 1 is 1.23 bits per heavy atom. The topological polar surface area (TPSA) is 72.5 Å². The molecule has 1 aromatic heterocycles. The van der Waals surface area contributed by atoms with E-state index < -0.39 is 10.8 Å². The van der Waals surface area contributed by atoms with Crippen molar-refractivity contribution >= 4 is 22.2 Å². The molecule has 1 aromatic carbocycles. The molecule has 2 atom stereocenters. The Balaban J connectivity index is 1.63. The standard InChI is InChI=1S/C19H25N3O3S/c1-14-17(20-9-8-18(14)25-11-5-10-24-2)13-26(23)19-12-21-15-6-3-4-7-16(15)22-19/h3-4,6-9,19,21-22H,5,10-13H2,1-2H3. The van der Waals surface area contributed by atoms with E-state index >= 15 is 0 Å². The highest BCUT2D eigenvalue weighted by atomic mass is 32.2. The second-order valence-electron chi connectivity index (χ2n) is 6.16. The summed E-state index contributed by atoms with van der Waals surface area (Å²) in [6.45, 7) is 3.85. The zero-order valence-electron chi connectivity index (χ0n) is 15.2. The molecule has 6 nitrogen and oxygen atoms in total. The summed E-state index contributed by atoms with van der Waals surface area (Å²) in [6, 6.07) is 9.80. The molecule has 0 spiro atoms. The molecule has 0 saturated carbocycles. The lowest BCUT2D eigenvalue weighted by atomic mass is 10.2. The van der Waals surface area contributed by atoms with Crippen molar-refractivity contribution in [3.8, 4) is 5.75 Å². The van der Waals surface area contributed by atoms with E-state index in [1.54, 1.807) is 13.3 Å². The summed E-state index contributed by atoms with van der Waals surface area (Å²) >= 11 is 0. The van der Waals surface area contributed by atoms with Gasteiger partial charge in [0.15, 0.2) is 0 Å². The van der Waals surface area contributed by atoms with Crippen LogP contribution in [-0.4, -0.2) is 41.4 Å². The maximum absolute atomic E-state index is 12.9. The Labute approximate surface area is 156 Å². The number of nitrogens with one attached hydrogen (secondary N) is 2. The average Bonchev–Trinajstić information content (AvgIpc) is 2.67. The first kappa shape index (κ1) is 18.7. The number of hydrogen-bond acceptors (Lipinski definition) is 6. The molecule has 26 heavy (non-hydrogen) atoms. The molecule has 2 N–H and O–H groups in total. The van der Waals surface area contributed by atoms with Crippen molar-refractivity contribution in [1.82, 2.24) is 4.98 Å². The van der Waals surface area contributed by atoms with Crippen molar-refractivity contribution in [2.75, 3.05) is 37.5 Å². The fourth-order valence-electron chi connectivity index (χ4n) is 2.83. The van der Waals surface area contributed by atoms with Gasteiger partial charge in [-0.05, 0) is 25.1 Å². The Morgan fingerprint density at radius 2 is 2.04 bits per heavy atom. The summed E-state index contributed by atoms with van der Waals surface area (Å²) in [5.41, 5.74) is 3.79. The minimum Gasteiger partial charge on any atom is -0.493 e. The van der Waals surface area contributed by atoms with Crippen molar-refractivity contribution in [3.05, 3.63) is 47.8 Å². The summed E-state index contributed by atoms with van der Waals surface area (Å²) in [5.74, 6) is 1.19. The average molecular weight is 375 g/mol. The maximum Gasteiger partial charge on any atom is 0.125 e. The third-order valence-electron chi connectivity index (χ3n) is 4.33. The molecule has 0 amide bonds. The zero-order chi connectivity index (χ0) is 18.4. The molecule has 1 aliphatic rings. The highest BCUT2D eigenvalue weighted by Crippen LogP contribution is 2.27. The highest BCUT2D eigenvalue weighted by Gasteiger charge is 2.23. The van der Waals surface area contributed by atoms with E-state index in [4.69, 9.17) is 9.47 Å². The van der Waals surface area contributed by atoms with Crippen molar-refractivity contribution in [1.29, 1.82) is 0 Å². The van der Waals surface area contributed by atoms with Crippen LogP contribution < -0.4 is 15.4 Å². The molecular formula is C19H25N3O3S. The van der Waals surface area contributed by atoms with Gasteiger partial charge in [0.1, 0.15) is 11.1 Å². The largest absolute Gasteiger partial charge is 0.493 e. The second kappa shape index (κ2) is 9.00. The van der Waals surface area contributed by atoms with Crippen LogP contribution in [0, 0.1) is 6.92 Å². The molecule has 3 rings (SSSR count). The van der Waals surface area contributed by atoms with E-state index in [2.05, 4.69) is 15.6 Å². The molecule has 2 heterocycles. The van der Waals surface area contributed by atoms with E-state index in [0.717, 1.165) is 34.8 Å². The van der Waals surface area contributed by atoms with Crippen molar-refractivity contribution in [2.45, 2.75) is 24.5 Å². The van der Waals surface area contributed by atoms with E-state index in [0.29, 0.717) is 25.5 Å².